The highest BCUT2D eigenvalue weighted by Crippen LogP contribution is 2.35. The van der Waals surface area contributed by atoms with Crippen molar-refractivity contribution in [1.29, 1.82) is 0 Å². The van der Waals surface area contributed by atoms with Crippen molar-refractivity contribution in [3.05, 3.63) is 47.5 Å². The van der Waals surface area contributed by atoms with Crippen molar-refractivity contribution in [3.8, 4) is 0 Å². The number of fused-ring (bicyclic) bond motifs is 1. The van der Waals surface area contributed by atoms with Gasteiger partial charge in [0.25, 0.3) is 0 Å². The molecule has 1 aromatic carbocycles. The topological polar surface area (TPSA) is 54.3 Å². The molecular weight excluding hydrogens is 326 g/mol. The third-order valence-electron chi connectivity index (χ3n) is 5.77. The third-order valence-corrected chi connectivity index (χ3v) is 5.77. The predicted molar refractivity (Wildman–Crippen MR) is 99.7 cm³/mol. The summed E-state index contributed by atoms with van der Waals surface area (Å²) in [4.78, 5) is 16.7. The fourth-order valence-electron chi connectivity index (χ4n) is 4.30. The summed E-state index contributed by atoms with van der Waals surface area (Å²) >= 11 is 0. The maximum Gasteiger partial charge on any atom is 0.320 e. The van der Waals surface area contributed by atoms with E-state index in [4.69, 9.17) is 0 Å². The summed E-state index contributed by atoms with van der Waals surface area (Å²) in [5.74, 6) is 2.61. The molecule has 0 N–H and O–H groups in total. The zero-order chi connectivity index (χ0) is 18.1. The molecule has 6 heteroatoms. The Morgan fingerprint density at radius 3 is 2.54 bits per heavy atom. The SMILES string of the molecule is CC1c2nnc(C3CCCC3)n2CCN1C(=O)N(C)Cc1ccccc1. The number of benzene rings is 1. The van der Waals surface area contributed by atoms with Gasteiger partial charge in [-0.15, -0.1) is 10.2 Å². The Balaban J connectivity index is 1.48. The van der Waals surface area contributed by atoms with Crippen LogP contribution in [0.3, 0.4) is 0 Å². The van der Waals surface area contributed by atoms with Gasteiger partial charge in [0.2, 0.25) is 0 Å². The van der Waals surface area contributed by atoms with Crippen molar-refractivity contribution >= 4 is 6.03 Å². The first-order valence-corrected chi connectivity index (χ1v) is 9.64. The Labute approximate surface area is 154 Å². The van der Waals surface area contributed by atoms with E-state index in [0.717, 1.165) is 23.8 Å². The third kappa shape index (κ3) is 3.08. The Kier molecular flexibility index (Phi) is 4.66. The van der Waals surface area contributed by atoms with E-state index in [1.165, 1.54) is 25.7 Å². The predicted octanol–water partition coefficient (Wildman–Crippen LogP) is 3.56. The van der Waals surface area contributed by atoms with E-state index in [1.54, 1.807) is 4.90 Å². The van der Waals surface area contributed by atoms with Crippen molar-refractivity contribution in [2.45, 2.75) is 57.7 Å². The molecule has 2 heterocycles. The van der Waals surface area contributed by atoms with Gasteiger partial charge in [0.15, 0.2) is 5.82 Å². The lowest BCUT2D eigenvalue weighted by Gasteiger charge is -2.36. The molecule has 2 aromatic rings. The highest BCUT2D eigenvalue weighted by atomic mass is 16.2. The van der Waals surface area contributed by atoms with Crippen LogP contribution in [0.5, 0.6) is 0 Å². The molecule has 1 saturated carbocycles. The number of carbonyl (C=O) groups excluding carboxylic acids is 1. The number of hydrogen-bond acceptors (Lipinski definition) is 3. The highest BCUT2D eigenvalue weighted by molar-refractivity contribution is 5.74. The van der Waals surface area contributed by atoms with Crippen LogP contribution in [0.4, 0.5) is 4.79 Å². The Morgan fingerprint density at radius 2 is 1.81 bits per heavy atom. The summed E-state index contributed by atoms with van der Waals surface area (Å²) < 4.78 is 2.27. The molecule has 26 heavy (non-hydrogen) atoms. The van der Waals surface area contributed by atoms with E-state index in [9.17, 15) is 4.79 Å². The summed E-state index contributed by atoms with van der Waals surface area (Å²) in [5, 5.41) is 8.96. The summed E-state index contributed by atoms with van der Waals surface area (Å²) in [7, 11) is 1.87. The van der Waals surface area contributed by atoms with Crippen LogP contribution in [0.15, 0.2) is 30.3 Å². The first kappa shape index (κ1) is 17.1. The fraction of sp³-hybridized carbons (Fsp3) is 0.550. The van der Waals surface area contributed by atoms with Crippen LogP contribution >= 0.6 is 0 Å². The van der Waals surface area contributed by atoms with Crippen LogP contribution in [0, 0.1) is 0 Å². The molecule has 0 radical (unpaired) electrons. The minimum atomic E-state index is -0.0443. The largest absolute Gasteiger partial charge is 0.323 e. The molecule has 0 spiro atoms. The van der Waals surface area contributed by atoms with Crippen molar-refractivity contribution < 1.29 is 4.79 Å². The number of hydrogen-bond donors (Lipinski definition) is 0. The second-order valence-electron chi connectivity index (χ2n) is 7.54. The monoisotopic (exact) mass is 353 g/mol. The summed E-state index contributed by atoms with van der Waals surface area (Å²) in [5.41, 5.74) is 1.14. The molecule has 1 unspecified atom stereocenters. The number of nitrogens with zero attached hydrogens (tertiary/aromatic N) is 5. The molecule has 0 bridgehead atoms. The fourth-order valence-corrected chi connectivity index (χ4v) is 4.30. The van der Waals surface area contributed by atoms with E-state index in [2.05, 4.69) is 21.7 Å². The lowest BCUT2D eigenvalue weighted by atomic mass is 10.1. The van der Waals surface area contributed by atoms with Crippen molar-refractivity contribution in [2.24, 2.45) is 0 Å². The van der Waals surface area contributed by atoms with Crippen molar-refractivity contribution in [3.63, 3.8) is 0 Å². The molecule has 6 nitrogen and oxygen atoms in total. The second kappa shape index (κ2) is 7.09. The second-order valence-corrected chi connectivity index (χ2v) is 7.54. The van der Waals surface area contributed by atoms with Crippen molar-refractivity contribution in [2.75, 3.05) is 13.6 Å². The molecule has 1 aliphatic heterocycles. The first-order valence-electron chi connectivity index (χ1n) is 9.64. The van der Waals surface area contributed by atoms with E-state index >= 15 is 0 Å². The van der Waals surface area contributed by atoms with Crippen LogP contribution in [-0.4, -0.2) is 44.2 Å². The van der Waals surface area contributed by atoms with Crippen molar-refractivity contribution in [1.82, 2.24) is 24.6 Å². The normalized spacial score (nSPS) is 20.2. The molecule has 138 valence electrons. The van der Waals surface area contributed by atoms with Gasteiger partial charge in [-0.3, -0.25) is 0 Å². The smallest absolute Gasteiger partial charge is 0.320 e. The maximum absolute atomic E-state index is 13.0. The van der Waals surface area contributed by atoms with Crippen LogP contribution in [-0.2, 0) is 13.1 Å². The molecule has 1 atom stereocenters. The Hall–Kier alpha value is -2.37. The molecule has 1 fully saturated rings. The van der Waals surface area contributed by atoms with Crippen LogP contribution in [0.1, 0.15) is 61.8 Å². The van der Waals surface area contributed by atoms with Gasteiger partial charge >= 0.3 is 6.03 Å². The molecule has 0 saturated heterocycles. The highest BCUT2D eigenvalue weighted by Gasteiger charge is 2.34. The summed E-state index contributed by atoms with van der Waals surface area (Å²) in [6, 6.07) is 10.1. The van der Waals surface area contributed by atoms with Gasteiger partial charge in [0.1, 0.15) is 5.82 Å². The van der Waals surface area contributed by atoms with E-state index in [1.807, 2.05) is 42.3 Å². The molecule has 1 aromatic heterocycles. The van der Waals surface area contributed by atoms with E-state index in [0.29, 0.717) is 19.0 Å². The van der Waals surface area contributed by atoms with Crippen LogP contribution < -0.4 is 0 Å². The van der Waals surface area contributed by atoms with E-state index in [-0.39, 0.29) is 12.1 Å². The standard InChI is InChI=1S/C20H27N5O/c1-15-18-21-22-19(17-10-6-7-11-17)25(18)13-12-24(15)20(26)23(2)14-16-8-4-3-5-9-16/h3-5,8-9,15,17H,6-7,10-14H2,1-2H3. The van der Waals surface area contributed by atoms with Gasteiger partial charge in [-0.25, -0.2) is 4.79 Å². The molecule has 2 amide bonds. The maximum atomic E-state index is 13.0. The minimum absolute atomic E-state index is 0.0443. The zero-order valence-electron chi connectivity index (χ0n) is 15.6. The number of urea groups is 1. The van der Waals surface area contributed by atoms with Gasteiger partial charge in [-0.1, -0.05) is 43.2 Å². The van der Waals surface area contributed by atoms with Gasteiger partial charge in [0.05, 0.1) is 6.04 Å². The van der Waals surface area contributed by atoms with Crippen LogP contribution in [0.2, 0.25) is 0 Å². The minimum Gasteiger partial charge on any atom is -0.323 e. The van der Waals surface area contributed by atoms with E-state index < -0.39 is 0 Å². The lowest BCUT2D eigenvalue weighted by molar-refractivity contribution is 0.127. The molecule has 2 aliphatic rings. The quantitative estimate of drug-likeness (QED) is 0.848. The van der Waals surface area contributed by atoms with Gasteiger partial charge in [-0.2, -0.15) is 0 Å². The Morgan fingerprint density at radius 1 is 1.12 bits per heavy atom. The average Bonchev–Trinajstić information content (AvgIpc) is 3.32. The first-order chi connectivity index (χ1) is 12.6. The number of rotatable bonds is 3. The molecular formula is C20H27N5O. The lowest BCUT2D eigenvalue weighted by Crippen LogP contribution is -2.47. The average molecular weight is 353 g/mol. The molecule has 4 rings (SSSR count). The molecule has 1 aliphatic carbocycles. The number of aromatic nitrogens is 3. The summed E-state index contributed by atoms with van der Waals surface area (Å²) in [6.45, 7) is 4.18. The number of carbonyl (C=O) groups is 1. The Bertz CT molecular complexity index is 766. The van der Waals surface area contributed by atoms with Gasteiger partial charge < -0.3 is 14.4 Å². The number of amides is 2. The zero-order valence-corrected chi connectivity index (χ0v) is 15.6. The van der Waals surface area contributed by atoms with Gasteiger partial charge in [0, 0.05) is 32.6 Å². The van der Waals surface area contributed by atoms with Gasteiger partial charge in [-0.05, 0) is 25.3 Å². The summed E-state index contributed by atoms with van der Waals surface area (Å²) in [6.07, 6.45) is 5.01. The van der Waals surface area contributed by atoms with Crippen LogP contribution in [0.25, 0.3) is 0 Å².